The normalized spacial score (nSPS) is 11.7. The summed E-state index contributed by atoms with van der Waals surface area (Å²) in [4.78, 5) is 9.03. The minimum absolute atomic E-state index is 0.0223. The maximum atomic E-state index is 5.64. The van der Waals surface area contributed by atoms with Crippen molar-refractivity contribution in [1.29, 1.82) is 0 Å². The van der Waals surface area contributed by atoms with Crippen LogP contribution in [-0.4, -0.2) is 22.1 Å². The zero-order valence-electron chi connectivity index (χ0n) is 13.1. The van der Waals surface area contributed by atoms with Crippen LogP contribution < -0.4 is 10.1 Å². The number of ether oxygens (including phenoxy) is 1. The number of hydrogen-bond acceptors (Lipinski definition) is 4. The Morgan fingerprint density at radius 2 is 1.95 bits per heavy atom. The number of anilines is 1. The molecule has 0 radical (unpaired) electrons. The monoisotopic (exact) mass is 265 g/mol. The number of nitrogens with one attached hydrogen (secondary N) is 1. The molecule has 0 atom stereocenters. The van der Waals surface area contributed by atoms with E-state index >= 15 is 0 Å². The van der Waals surface area contributed by atoms with Gasteiger partial charge in [0.2, 0.25) is 5.88 Å². The fraction of sp³-hybridized carbons (Fsp3) is 0.733. The average molecular weight is 265 g/mol. The number of nitrogens with zero attached hydrogens (tertiary/aromatic N) is 2. The standard InChI is InChI=1S/C15H27N3O/c1-7-8-19-14-10-13(18-15(4,5)6)16-12(17-14)9-11(2)3/h10-11H,7-9H2,1-6H3,(H,16,17,18). The summed E-state index contributed by atoms with van der Waals surface area (Å²) in [7, 11) is 0. The highest BCUT2D eigenvalue weighted by atomic mass is 16.5. The minimum Gasteiger partial charge on any atom is -0.478 e. The predicted molar refractivity (Wildman–Crippen MR) is 79.7 cm³/mol. The lowest BCUT2D eigenvalue weighted by Gasteiger charge is -2.22. The first-order valence-corrected chi connectivity index (χ1v) is 7.09. The zero-order chi connectivity index (χ0) is 14.5. The fourth-order valence-corrected chi connectivity index (χ4v) is 1.66. The highest BCUT2D eigenvalue weighted by molar-refractivity contribution is 5.40. The van der Waals surface area contributed by atoms with Crippen molar-refractivity contribution in [3.05, 3.63) is 11.9 Å². The molecule has 0 aromatic carbocycles. The van der Waals surface area contributed by atoms with Crippen molar-refractivity contribution in [2.45, 2.75) is 59.9 Å². The molecule has 0 aliphatic rings. The van der Waals surface area contributed by atoms with Gasteiger partial charge in [-0.25, -0.2) is 4.98 Å². The van der Waals surface area contributed by atoms with E-state index in [-0.39, 0.29) is 5.54 Å². The van der Waals surface area contributed by atoms with Gasteiger partial charge in [0.25, 0.3) is 0 Å². The van der Waals surface area contributed by atoms with E-state index in [9.17, 15) is 0 Å². The molecule has 0 fully saturated rings. The molecular weight excluding hydrogens is 238 g/mol. The van der Waals surface area contributed by atoms with Gasteiger partial charge in [0.1, 0.15) is 11.6 Å². The Kier molecular flexibility index (Phi) is 5.58. The molecule has 0 saturated heterocycles. The van der Waals surface area contributed by atoms with Gasteiger partial charge in [-0.15, -0.1) is 0 Å². The van der Waals surface area contributed by atoms with Gasteiger partial charge in [0.05, 0.1) is 6.61 Å². The molecule has 0 unspecified atom stereocenters. The molecule has 0 aliphatic heterocycles. The first-order chi connectivity index (χ1) is 8.80. The summed E-state index contributed by atoms with van der Waals surface area (Å²) in [6.45, 7) is 13.5. The molecule has 0 aliphatic carbocycles. The van der Waals surface area contributed by atoms with Crippen molar-refractivity contribution in [3.63, 3.8) is 0 Å². The van der Waals surface area contributed by atoms with Gasteiger partial charge in [-0.3, -0.25) is 0 Å². The van der Waals surface area contributed by atoms with Gasteiger partial charge < -0.3 is 10.1 Å². The van der Waals surface area contributed by atoms with Gasteiger partial charge >= 0.3 is 0 Å². The molecule has 108 valence electrons. The Hall–Kier alpha value is -1.32. The number of rotatable bonds is 6. The van der Waals surface area contributed by atoms with Crippen LogP contribution in [0.15, 0.2) is 6.07 Å². The van der Waals surface area contributed by atoms with Crippen molar-refractivity contribution in [3.8, 4) is 5.88 Å². The molecule has 0 saturated carbocycles. The Balaban J connectivity index is 2.94. The van der Waals surface area contributed by atoms with E-state index in [2.05, 4.69) is 56.8 Å². The van der Waals surface area contributed by atoms with E-state index in [1.54, 1.807) is 0 Å². The number of hydrogen-bond donors (Lipinski definition) is 1. The second-order valence-electron chi connectivity index (χ2n) is 6.33. The van der Waals surface area contributed by atoms with Gasteiger partial charge in [-0.05, 0) is 33.1 Å². The van der Waals surface area contributed by atoms with Gasteiger partial charge in [0.15, 0.2) is 0 Å². The zero-order valence-corrected chi connectivity index (χ0v) is 13.1. The minimum atomic E-state index is -0.0223. The fourth-order valence-electron chi connectivity index (χ4n) is 1.66. The lowest BCUT2D eigenvalue weighted by atomic mass is 10.1. The summed E-state index contributed by atoms with van der Waals surface area (Å²) in [5.41, 5.74) is -0.0223. The van der Waals surface area contributed by atoms with Gasteiger partial charge in [-0.1, -0.05) is 20.8 Å². The smallest absolute Gasteiger partial charge is 0.218 e. The molecule has 1 aromatic heterocycles. The van der Waals surface area contributed by atoms with Crippen LogP contribution in [0.2, 0.25) is 0 Å². The van der Waals surface area contributed by atoms with Crippen LogP contribution >= 0.6 is 0 Å². The molecule has 0 amide bonds. The summed E-state index contributed by atoms with van der Waals surface area (Å²) in [5.74, 6) is 2.88. The predicted octanol–water partition coefficient (Wildman–Crippen LogP) is 3.67. The van der Waals surface area contributed by atoms with Crippen molar-refractivity contribution in [2.24, 2.45) is 5.92 Å². The maximum absolute atomic E-state index is 5.64. The highest BCUT2D eigenvalue weighted by Gasteiger charge is 2.13. The third kappa shape index (κ3) is 6.41. The molecular formula is C15H27N3O. The lowest BCUT2D eigenvalue weighted by Crippen LogP contribution is -2.27. The van der Waals surface area contributed by atoms with E-state index in [4.69, 9.17) is 4.74 Å². The topological polar surface area (TPSA) is 47.0 Å². The molecule has 0 bridgehead atoms. The van der Waals surface area contributed by atoms with Crippen LogP contribution in [0.5, 0.6) is 5.88 Å². The summed E-state index contributed by atoms with van der Waals surface area (Å²) in [5, 5.41) is 3.38. The third-order valence-corrected chi connectivity index (χ3v) is 2.30. The maximum Gasteiger partial charge on any atom is 0.218 e. The van der Waals surface area contributed by atoms with Crippen molar-refractivity contribution in [2.75, 3.05) is 11.9 Å². The van der Waals surface area contributed by atoms with Gasteiger partial charge in [-0.2, -0.15) is 4.98 Å². The van der Waals surface area contributed by atoms with Crippen LogP contribution in [-0.2, 0) is 6.42 Å². The van der Waals surface area contributed by atoms with E-state index in [1.807, 2.05) is 6.07 Å². The van der Waals surface area contributed by atoms with E-state index in [0.29, 0.717) is 18.4 Å². The Bertz CT molecular complexity index is 397. The summed E-state index contributed by atoms with van der Waals surface area (Å²) >= 11 is 0. The van der Waals surface area contributed by atoms with Crippen LogP contribution in [0, 0.1) is 5.92 Å². The molecule has 1 heterocycles. The first-order valence-electron chi connectivity index (χ1n) is 7.09. The highest BCUT2D eigenvalue weighted by Crippen LogP contribution is 2.19. The van der Waals surface area contributed by atoms with E-state index < -0.39 is 0 Å². The average Bonchev–Trinajstić information content (AvgIpc) is 2.22. The Morgan fingerprint density at radius 3 is 2.47 bits per heavy atom. The Morgan fingerprint density at radius 1 is 1.26 bits per heavy atom. The van der Waals surface area contributed by atoms with Gasteiger partial charge in [0, 0.05) is 18.0 Å². The summed E-state index contributed by atoms with van der Waals surface area (Å²) in [6.07, 6.45) is 1.84. The van der Waals surface area contributed by atoms with Crippen LogP contribution in [0.3, 0.4) is 0 Å². The molecule has 19 heavy (non-hydrogen) atoms. The quantitative estimate of drug-likeness (QED) is 0.852. The van der Waals surface area contributed by atoms with Crippen LogP contribution in [0.1, 0.15) is 53.8 Å². The molecule has 1 rings (SSSR count). The summed E-state index contributed by atoms with van der Waals surface area (Å²) < 4.78 is 5.64. The van der Waals surface area contributed by atoms with Crippen LogP contribution in [0.4, 0.5) is 5.82 Å². The summed E-state index contributed by atoms with van der Waals surface area (Å²) in [6, 6.07) is 1.88. The SMILES string of the molecule is CCCOc1cc(NC(C)(C)C)nc(CC(C)C)n1. The van der Waals surface area contributed by atoms with Crippen molar-refractivity contribution >= 4 is 5.82 Å². The molecule has 4 heteroatoms. The van der Waals surface area contributed by atoms with E-state index in [1.165, 1.54) is 0 Å². The van der Waals surface area contributed by atoms with Crippen LogP contribution in [0.25, 0.3) is 0 Å². The molecule has 4 nitrogen and oxygen atoms in total. The van der Waals surface area contributed by atoms with Crippen molar-refractivity contribution < 1.29 is 4.74 Å². The lowest BCUT2D eigenvalue weighted by molar-refractivity contribution is 0.303. The van der Waals surface area contributed by atoms with E-state index in [0.717, 1.165) is 24.5 Å². The Labute approximate surface area is 117 Å². The number of aromatic nitrogens is 2. The third-order valence-electron chi connectivity index (χ3n) is 2.30. The molecule has 1 aromatic rings. The molecule has 0 spiro atoms. The molecule has 1 N–H and O–H groups in total. The first kappa shape index (κ1) is 15.7. The second kappa shape index (κ2) is 6.73. The second-order valence-corrected chi connectivity index (χ2v) is 6.33. The largest absolute Gasteiger partial charge is 0.478 e. The van der Waals surface area contributed by atoms with Crippen molar-refractivity contribution in [1.82, 2.24) is 9.97 Å².